The van der Waals surface area contributed by atoms with Crippen molar-refractivity contribution in [1.82, 2.24) is 0 Å². The fourth-order valence-corrected chi connectivity index (χ4v) is 7.90. The Balaban J connectivity index is 1.62. The third kappa shape index (κ3) is 3.83. The van der Waals surface area contributed by atoms with Gasteiger partial charge in [0.15, 0.2) is 5.78 Å². The summed E-state index contributed by atoms with van der Waals surface area (Å²) in [6.07, 6.45) is 1.25. The Labute approximate surface area is 196 Å². The maximum Gasteiger partial charge on any atom is 0.159 e. The number of carbonyl (C=O) groups is 1. The first-order valence-electron chi connectivity index (χ1n) is 12.6. The summed E-state index contributed by atoms with van der Waals surface area (Å²) in [6, 6.07) is 0. The molecule has 0 unspecified atom stereocenters. The molecule has 0 aromatic heterocycles. The molecule has 0 aromatic carbocycles. The van der Waals surface area contributed by atoms with Gasteiger partial charge in [-0.25, -0.2) is 0 Å². The summed E-state index contributed by atoms with van der Waals surface area (Å²) < 4.78 is 0. The lowest BCUT2D eigenvalue weighted by molar-refractivity contribution is -0.158. The molecule has 0 radical (unpaired) electrons. The van der Waals surface area contributed by atoms with Crippen molar-refractivity contribution >= 4 is 5.78 Å². The zero-order valence-corrected chi connectivity index (χ0v) is 20.4. The fraction of sp³-hybridized carbons (Fsp3) is 0.885. The van der Waals surface area contributed by atoms with Crippen LogP contribution in [-0.2, 0) is 4.79 Å². The van der Waals surface area contributed by atoms with Crippen LogP contribution in [0.1, 0.15) is 79.1 Å². The van der Waals surface area contributed by atoms with Crippen molar-refractivity contribution in [3.8, 4) is 0 Å². The first-order chi connectivity index (χ1) is 15.1. The first kappa shape index (κ1) is 25.3. The molecule has 0 aliphatic heterocycles. The Hall–Kier alpha value is -0.830. The predicted octanol–water partition coefficient (Wildman–Crippen LogP) is 1.46. The average molecular weight is 467 g/mol. The zero-order chi connectivity index (χ0) is 24.6. The summed E-state index contributed by atoms with van der Waals surface area (Å²) in [4.78, 5) is 13.2. The van der Waals surface area contributed by atoms with Crippen LogP contribution in [0.15, 0.2) is 11.6 Å². The van der Waals surface area contributed by atoms with Gasteiger partial charge < -0.3 is 30.6 Å². The summed E-state index contributed by atoms with van der Waals surface area (Å²) in [5.41, 5.74) is -2.71. The van der Waals surface area contributed by atoms with E-state index in [2.05, 4.69) is 0 Å². The van der Waals surface area contributed by atoms with Crippen molar-refractivity contribution in [1.29, 1.82) is 0 Å². The molecule has 33 heavy (non-hydrogen) atoms. The second-order valence-corrected chi connectivity index (χ2v) is 12.6. The maximum atomic E-state index is 13.2. The highest BCUT2D eigenvalue weighted by Crippen LogP contribution is 2.67. The van der Waals surface area contributed by atoms with Crippen molar-refractivity contribution in [2.45, 2.75) is 115 Å². The number of fused-ring (bicyclic) bond motifs is 5. The van der Waals surface area contributed by atoms with Crippen LogP contribution in [0, 0.1) is 28.6 Å². The number of ketones is 1. The van der Waals surface area contributed by atoms with E-state index < -0.39 is 46.4 Å². The Morgan fingerprint density at radius 3 is 2.39 bits per heavy atom. The lowest BCUT2D eigenvalue weighted by atomic mass is 9.46. The van der Waals surface area contributed by atoms with E-state index in [9.17, 15) is 35.4 Å². The van der Waals surface area contributed by atoms with Gasteiger partial charge in [-0.15, -0.1) is 0 Å². The van der Waals surface area contributed by atoms with Crippen LogP contribution in [0.5, 0.6) is 0 Å². The molecular weight excluding hydrogens is 424 g/mol. The van der Waals surface area contributed by atoms with Crippen LogP contribution in [0.4, 0.5) is 0 Å². The van der Waals surface area contributed by atoms with Crippen molar-refractivity contribution in [3.05, 3.63) is 11.6 Å². The van der Waals surface area contributed by atoms with Crippen LogP contribution in [0.25, 0.3) is 0 Å². The molecule has 3 fully saturated rings. The Morgan fingerprint density at radius 2 is 1.76 bits per heavy atom. The quantitative estimate of drug-likeness (QED) is 0.361. The second kappa shape index (κ2) is 8.10. The third-order valence-electron chi connectivity index (χ3n) is 10.0. The molecule has 0 bridgehead atoms. The molecule has 0 saturated heterocycles. The first-order valence-corrected chi connectivity index (χ1v) is 12.6. The van der Waals surface area contributed by atoms with E-state index in [0.717, 1.165) is 6.42 Å². The van der Waals surface area contributed by atoms with Crippen LogP contribution < -0.4 is 0 Å². The van der Waals surface area contributed by atoms with Crippen molar-refractivity contribution in [2.75, 3.05) is 0 Å². The van der Waals surface area contributed by atoms with Crippen molar-refractivity contribution in [2.24, 2.45) is 28.6 Å². The Bertz CT molecular complexity index is 818. The van der Waals surface area contributed by atoms with E-state index in [1.807, 2.05) is 13.8 Å². The van der Waals surface area contributed by atoms with Gasteiger partial charge in [-0.3, -0.25) is 4.79 Å². The minimum atomic E-state index is -1.26. The molecule has 4 aliphatic rings. The minimum absolute atomic E-state index is 0.0728. The number of carbonyl (C=O) groups excluding carboxylic acids is 1. The molecule has 0 heterocycles. The molecule has 3 saturated carbocycles. The van der Waals surface area contributed by atoms with E-state index in [-0.39, 0.29) is 36.4 Å². The van der Waals surface area contributed by atoms with E-state index in [1.165, 1.54) is 0 Å². The summed E-state index contributed by atoms with van der Waals surface area (Å²) in [5, 5.41) is 64.5. The van der Waals surface area contributed by atoms with Crippen LogP contribution in [0.3, 0.4) is 0 Å². The Kier molecular flexibility index (Phi) is 6.21. The van der Waals surface area contributed by atoms with Crippen molar-refractivity contribution < 1.29 is 35.4 Å². The van der Waals surface area contributed by atoms with Crippen molar-refractivity contribution in [3.63, 3.8) is 0 Å². The second-order valence-electron chi connectivity index (χ2n) is 12.6. The standard InChI is InChI=1S/C26H42O7/c1-23(2,32)8-7-18(27)22(31)15-6-10-26(33)16-11-19(28)17-12-20(29)21(30)13-24(17,3)14(16)5-9-25(15,26)4/h11,14-15,17-18,20-22,27,29-33H,5-10,12-13H2,1-4H3/t14-,15+,17-,18+,20+,21-,22+,24+,25+,26+/m0/s1. The number of hydrogen-bond acceptors (Lipinski definition) is 7. The predicted molar refractivity (Wildman–Crippen MR) is 122 cm³/mol. The van der Waals surface area contributed by atoms with E-state index in [4.69, 9.17) is 0 Å². The number of hydrogen-bond donors (Lipinski definition) is 6. The molecule has 188 valence electrons. The van der Waals surface area contributed by atoms with Gasteiger partial charge in [-0.1, -0.05) is 13.8 Å². The monoisotopic (exact) mass is 466 g/mol. The van der Waals surface area contributed by atoms with Gasteiger partial charge >= 0.3 is 0 Å². The van der Waals surface area contributed by atoms with E-state index >= 15 is 0 Å². The minimum Gasteiger partial charge on any atom is -0.390 e. The molecule has 6 N–H and O–H groups in total. The van der Waals surface area contributed by atoms with Crippen LogP contribution in [0.2, 0.25) is 0 Å². The highest BCUT2D eigenvalue weighted by atomic mass is 16.3. The molecule has 0 amide bonds. The van der Waals surface area contributed by atoms with E-state index in [1.54, 1.807) is 19.9 Å². The molecule has 7 nitrogen and oxygen atoms in total. The summed E-state index contributed by atoms with van der Waals surface area (Å²) >= 11 is 0. The maximum absolute atomic E-state index is 13.2. The molecular formula is C26H42O7. The van der Waals surface area contributed by atoms with Gasteiger partial charge in [0.25, 0.3) is 0 Å². The zero-order valence-electron chi connectivity index (χ0n) is 20.4. The van der Waals surface area contributed by atoms with Gasteiger partial charge in [0, 0.05) is 11.3 Å². The molecule has 0 aromatic rings. The lowest BCUT2D eigenvalue weighted by Gasteiger charge is -2.60. The number of aliphatic hydroxyl groups excluding tert-OH is 4. The number of allylic oxidation sites excluding steroid dienone is 1. The summed E-state index contributed by atoms with van der Waals surface area (Å²) in [7, 11) is 0. The van der Waals surface area contributed by atoms with Gasteiger partial charge in [-0.2, -0.15) is 0 Å². The van der Waals surface area contributed by atoms with Gasteiger partial charge in [0.1, 0.15) is 0 Å². The SMILES string of the molecule is CC(C)(O)CC[C@@H](O)[C@H](O)[C@H]1CC[C@@]2(O)C3=CC(=O)[C@@H]4C[C@@H](O)[C@@H](O)C[C@]4(C)[C@H]3CC[C@]12C. The molecule has 7 heteroatoms. The molecule has 4 rings (SSSR count). The van der Waals surface area contributed by atoms with Gasteiger partial charge in [-0.05, 0) is 94.1 Å². The molecule has 4 aliphatic carbocycles. The normalized spacial score (nSPS) is 47.3. The number of rotatable bonds is 5. The lowest BCUT2D eigenvalue weighted by Crippen LogP contribution is -2.61. The van der Waals surface area contributed by atoms with E-state index in [0.29, 0.717) is 37.7 Å². The fourth-order valence-electron chi connectivity index (χ4n) is 7.90. The van der Waals surface area contributed by atoms with Gasteiger partial charge in [0.05, 0.1) is 35.6 Å². The smallest absolute Gasteiger partial charge is 0.159 e. The largest absolute Gasteiger partial charge is 0.390 e. The average Bonchev–Trinajstić information content (AvgIpc) is 2.99. The Morgan fingerprint density at radius 1 is 1.09 bits per heavy atom. The van der Waals surface area contributed by atoms with Crippen LogP contribution >= 0.6 is 0 Å². The summed E-state index contributed by atoms with van der Waals surface area (Å²) in [5.74, 6) is -0.873. The molecule has 10 atom stereocenters. The highest BCUT2D eigenvalue weighted by molar-refractivity contribution is 5.95. The third-order valence-corrected chi connectivity index (χ3v) is 10.0. The molecule has 0 spiro atoms. The summed E-state index contributed by atoms with van der Waals surface area (Å²) in [6.45, 7) is 7.32. The highest BCUT2D eigenvalue weighted by Gasteiger charge is 2.67. The van der Waals surface area contributed by atoms with Gasteiger partial charge in [0.2, 0.25) is 0 Å². The number of aliphatic hydroxyl groups is 6. The van der Waals surface area contributed by atoms with Crippen LogP contribution in [-0.4, -0.2) is 72.0 Å². The topological polar surface area (TPSA) is 138 Å².